The molecular formula is C16H20FNO5S2. The first-order valence-corrected chi connectivity index (χ1v) is 10.6. The van der Waals surface area contributed by atoms with Crippen LogP contribution in [0, 0.1) is 5.82 Å². The summed E-state index contributed by atoms with van der Waals surface area (Å²) in [5.74, 6) is -0.906. The number of carbonyl (C=O) groups is 2. The van der Waals surface area contributed by atoms with Gasteiger partial charge in [0.05, 0.1) is 17.9 Å². The van der Waals surface area contributed by atoms with Crippen molar-refractivity contribution in [1.82, 2.24) is 5.32 Å². The van der Waals surface area contributed by atoms with E-state index in [0.29, 0.717) is 12.2 Å². The van der Waals surface area contributed by atoms with Crippen LogP contribution in [0.4, 0.5) is 4.39 Å². The van der Waals surface area contributed by atoms with Crippen LogP contribution in [-0.2, 0) is 24.2 Å². The summed E-state index contributed by atoms with van der Waals surface area (Å²) in [6, 6.07) is 5.51. The molecule has 6 nitrogen and oxygen atoms in total. The molecule has 2 atom stereocenters. The van der Waals surface area contributed by atoms with Gasteiger partial charge in [0, 0.05) is 16.7 Å². The number of nitrogens with one attached hydrogen (secondary N) is 1. The number of halogens is 1. The minimum atomic E-state index is -3.08. The molecule has 1 fully saturated rings. The van der Waals surface area contributed by atoms with Crippen LogP contribution in [0.25, 0.3) is 0 Å². The van der Waals surface area contributed by atoms with Gasteiger partial charge >= 0.3 is 5.97 Å². The van der Waals surface area contributed by atoms with Crippen LogP contribution >= 0.6 is 11.8 Å². The SMILES string of the molecule is C[C@@H](OC(=O)CCSc1ccc(F)cc1)C(=O)N[C@@H]1CCS(=O)(=O)C1. The average Bonchev–Trinajstić information content (AvgIpc) is 2.88. The first-order valence-electron chi connectivity index (χ1n) is 7.84. The monoisotopic (exact) mass is 389 g/mol. The predicted molar refractivity (Wildman–Crippen MR) is 92.5 cm³/mol. The van der Waals surface area contributed by atoms with E-state index in [9.17, 15) is 22.4 Å². The maximum Gasteiger partial charge on any atom is 0.307 e. The minimum Gasteiger partial charge on any atom is -0.453 e. The molecule has 138 valence electrons. The standard InChI is InChI=1S/C16H20FNO5S2/c1-11(16(20)18-13-7-9-25(21,22)10-13)23-15(19)6-8-24-14-4-2-12(17)3-5-14/h2-5,11,13H,6-10H2,1H3,(H,18,20)/t11-,13-/m1/s1. The molecular weight excluding hydrogens is 369 g/mol. The molecule has 25 heavy (non-hydrogen) atoms. The predicted octanol–water partition coefficient (Wildman–Crippen LogP) is 1.54. The Labute approximate surface area is 150 Å². The molecule has 0 aromatic heterocycles. The second kappa shape index (κ2) is 8.66. The number of esters is 1. The molecule has 1 aromatic carbocycles. The molecule has 2 rings (SSSR count). The van der Waals surface area contributed by atoms with E-state index in [4.69, 9.17) is 4.74 Å². The Hall–Kier alpha value is -1.61. The van der Waals surface area contributed by atoms with Gasteiger partial charge in [-0.1, -0.05) is 0 Å². The summed E-state index contributed by atoms with van der Waals surface area (Å²) in [6.07, 6.45) is -0.493. The van der Waals surface area contributed by atoms with Gasteiger partial charge in [0.15, 0.2) is 15.9 Å². The van der Waals surface area contributed by atoms with Crippen LogP contribution in [0.5, 0.6) is 0 Å². The van der Waals surface area contributed by atoms with E-state index in [1.807, 2.05) is 0 Å². The number of ether oxygens (including phenoxy) is 1. The Morgan fingerprint density at radius 2 is 2.04 bits per heavy atom. The average molecular weight is 389 g/mol. The Morgan fingerprint density at radius 3 is 2.64 bits per heavy atom. The van der Waals surface area contributed by atoms with Crippen LogP contribution in [-0.4, -0.2) is 49.7 Å². The number of hydrogen-bond donors (Lipinski definition) is 1. The fourth-order valence-corrected chi connectivity index (χ4v) is 4.83. The van der Waals surface area contributed by atoms with Gasteiger partial charge in [-0.2, -0.15) is 0 Å². The third-order valence-corrected chi connectivity index (χ3v) is 6.43. The van der Waals surface area contributed by atoms with E-state index in [0.717, 1.165) is 4.90 Å². The molecule has 9 heteroatoms. The van der Waals surface area contributed by atoms with E-state index in [2.05, 4.69) is 5.32 Å². The first kappa shape index (κ1) is 19.7. The Kier molecular flexibility index (Phi) is 6.83. The van der Waals surface area contributed by atoms with Gasteiger partial charge in [0.2, 0.25) is 0 Å². The van der Waals surface area contributed by atoms with E-state index in [-0.39, 0.29) is 23.7 Å². The molecule has 1 aliphatic heterocycles. The van der Waals surface area contributed by atoms with E-state index < -0.39 is 33.9 Å². The largest absolute Gasteiger partial charge is 0.453 e. The lowest BCUT2D eigenvalue weighted by Gasteiger charge is -2.16. The van der Waals surface area contributed by atoms with E-state index in [1.54, 1.807) is 12.1 Å². The third-order valence-electron chi connectivity index (χ3n) is 3.64. The first-order chi connectivity index (χ1) is 11.7. The summed E-state index contributed by atoms with van der Waals surface area (Å²) in [7, 11) is -3.08. The van der Waals surface area contributed by atoms with Crippen molar-refractivity contribution in [3.05, 3.63) is 30.1 Å². The number of amides is 1. The molecule has 1 heterocycles. The van der Waals surface area contributed by atoms with Crippen molar-refractivity contribution in [1.29, 1.82) is 0 Å². The Bertz CT molecular complexity index is 721. The highest BCUT2D eigenvalue weighted by molar-refractivity contribution is 7.99. The second-order valence-electron chi connectivity index (χ2n) is 5.79. The molecule has 1 aliphatic rings. The fourth-order valence-electron chi connectivity index (χ4n) is 2.32. The number of sulfone groups is 1. The number of thioether (sulfide) groups is 1. The van der Waals surface area contributed by atoms with Crippen LogP contribution in [0.15, 0.2) is 29.2 Å². The van der Waals surface area contributed by atoms with Crippen molar-refractivity contribution in [2.75, 3.05) is 17.3 Å². The van der Waals surface area contributed by atoms with Crippen LogP contribution in [0.3, 0.4) is 0 Å². The van der Waals surface area contributed by atoms with Crippen molar-refractivity contribution in [2.45, 2.75) is 36.8 Å². The van der Waals surface area contributed by atoms with Gasteiger partial charge in [-0.25, -0.2) is 12.8 Å². The highest BCUT2D eigenvalue weighted by atomic mass is 32.2. The van der Waals surface area contributed by atoms with Crippen molar-refractivity contribution in [3.8, 4) is 0 Å². The quantitative estimate of drug-likeness (QED) is 0.562. The van der Waals surface area contributed by atoms with Crippen molar-refractivity contribution < 1.29 is 27.1 Å². The van der Waals surface area contributed by atoms with E-state index in [1.165, 1.54) is 30.8 Å². The summed E-state index contributed by atoms with van der Waals surface area (Å²) in [5.41, 5.74) is 0. The second-order valence-corrected chi connectivity index (χ2v) is 9.19. The molecule has 0 bridgehead atoms. The molecule has 1 amide bonds. The fraction of sp³-hybridized carbons (Fsp3) is 0.500. The maximum atomic E-state index is 12.8. The topological polar surface area (TPSA) is 89.5 Å². The Balaban J connectivity index is 1.68. The summed E-state index contributed by atoms with van der Waals surface area (Å²) in [4.78, 5) is 24.6. The van der Waals surface area contributed by atoms with Gasteiger partial charge in [-0.3, -0.25) is 9.59 Å². The van der Waals surface area contributed by atoms with Crippen molar-refractivity contribution >= 4 is 33.5 Å². The molecule has 1 N–H and O–H groups in total. The number of rotatable bonds is 7. The minimum absolute atomic E-state index is 0.0622. The summed E-state index contributed by atoms with van der Waals surface area (Å²) >= 11 is 1.38. The lowest BCUT2D eigenvalue weighted by atomic mass is 10.2. The highest BCUT2D eigenvalue weighted by Crippen LogP contribution is 2.19. The summed E-state index contributed by atoms with van der Waals surface area (Å²) in [5, 5.41) is 2.59. The van der Waals surface area contributed by atoms with Gasteiger partial charge in [0.25, 0.3) is 5.91 Å². The zero-order chi connectivity index (χ0) is 18.4. The van der Waals surface area contributed by atoms with Gasteiger partial charge in [-0.15, -0.1) is 11.8 Å². The zero-order valence-corrected chi connectivity index (χ0v) is 15.4. The zero-order valence-electron chi connectivity index (χ0n) is 13.7. The summed E-state index contributed by atoms with van der Waals surface area (Å²) in [6.45, 7) is 1.45. The van der Waals surface area contributed by atoms with E-state index >= 15 is 0 Å². The lowest BCUT2D eigenvalue weighted by molar-refractivity contribution is -0.154. The Morgan fingerprint density at radius 1 is 1.36 bits per heavy atom. The number of benzene rings is 1. The lowest BCUT2D eigenvalue weighted by Crippen LogP contribution is -2.42. The molecule has 1 saturated heterocycles. The normalized spacial score (nSPS) is 20.0. The van der Waals surface area contributed by atoms with Crippen LogP contribution in [0.1, 0.15) is 19.8 Å². The molecule has 0 aliphatic carbocycles. The van der Waals surface area contributed by atoms with Crippen LogP contribution < -0.4 is 5.32 Å². The van der Waals surface area contributed by atoms with Gasteiger partial charge in [-0.05, 0) is 37.6 Å². The molecule has 1 aromatic rings. The molecule has 0 spiro atoms. The molecule has 0 unspecified atom stereocenters. The third kappa shape index (κ3) is 6.66. The summed E-state index contributed by atoms with van der Waals surface area (Å²) < 4.78 is 40.6. The van der Waals surface area contributed by atoms with Crippen molar-refractivity contribution in [2.24, 2.45) is 0 Å². The number of carbonyl (C=O) groups excluding carboxylic acids is 2. The molecule has 0 radical (unpaired) electrons. The van der Waals surface area contributed by atoms with Gasteiger partial charge in [0.1, 0.15) is 5.82 Å². The number of hydrogen-bond acceptors (Lipinski definition) is 6. The highest BCUT2D eigenvalue weighted by Gasteiger charge is 2.30. The maximum absolute atomic E-state index is 12.8. The van der Waals surface area contributed by atoms with Gasteiger partial charge < -0.3 is 10.1 Å². The van der Waals surface area contributed by atoms with Crippen molar-refractivity contribution in [3.63, 3.8) is 0 Å². The molecule has 0 saturated carbocycles. The van der Waals surface area contributed by atoms with Crippen LogP contribution in [0.2, 0.25) is 0 Å². The smallest absolute Gasteiger partial charge is 0.307 e.